The van der Waals surface area contributed by atoms with Crippen molar-refractivity contribution in [2.75, 3.05) is 6.54 Å². The van der Waals surface area contributed by atoms with Crippen LogP contribution in [0, 0.1) is 0 Å². The number of aliphatic hydroxyl groups is 1. The van der Waals surface area contributed by atoms with Gasteiger partial charge in [-0.05, 0) is 42.3 Å². The lowest BCUT2D eigenvalue weighted by Gasteiger charge is -2.22. The Morgan fingerprint density at radius 3 is 2.32 bits per heavy atom. The maximum Gasteiger partial charge on any atom is 0.251 e. The van der Waals surface area contributed by atoms with Crippen molar-refractivity contribution < 1.29 is 14.3 Å². The van der Waals surface area contributed by atoms with Crippen molar-refractivity contribution in [1.29, 1.82) is 0 Å². The van der Waals surface area contributed by atoms with E-state index in [1.54, 1.807) is 37.5 Å². The number of benzene rings is 2. The fourth-order valence-electron chi connectivity index (χ4n) is 2.67. The Morgan fingerprint density at radius 1 is 1.00 bits per heavy atom. The predicted molar refractivity (Wildman–Crippen MR) is 97.2 cm³/mol. The van der Waals surface area contributed by atoms with Crippen molar-refractivity contribution in [3.63, 3.8) is 0 Å². The van der Waals surface area contributed by atoms with Gasteiger partial charge in [0.05, 0.1) is 11.9 Å². The van der Waals surface area contributed by atoms with E-state index in [-0.39, 0.29) is 12.5 Å². The highest BCUT2D eigenvalue weighted by molar-refractivity contribution is 5.94. The summed E-state index contributed by atoms with van der Waals surface area (Å²) in [6.07, 6.45) is 1.91. The number of carbonyl (C=O) groups is 1. The summed E-state index contributed by atoms with van der Waals surface area (Å²) in [6, 6.07) is 21.0. The first kappa shape index (κ1) is 17.0. The Hall–Kier alpha value is -2.85. The molecule has 1 atom stereocenters. The van der Waals surface area contributed by atoms with E-state index < -0.39 is 5.60 Å². The van der Waals surface area contributed by atoms with Crippen LogP contribution in [0.25, 0.3) is 11.1 Å². The van der Waals surface area contributed by atoms with E-state index >= 15 is 0 Å². The highest BCUT2D eigenvalue weighted by Crippen LogP contribution is 2.19. The highest BCUT2D eigenvalue weighted by atomic mass is 16.3. The summed E-state index contributed by atoms with van der Waals surface area (Å²) in [5.41, 5.74) is 1.66. The Bertz CT molecular complexity index is 806. The van der Waals surface area contributed by atoms with E-state index in [0.29, 0.717) is 17.7 Å². The van der Waals surface area contributed by atoms with Gasteiger partial charge in [-0.2, -0.15) is 0 Å². The molecular formula is C21H21NO3. The van der Waals surface area contributed by atoms with Gasteiger partial charge in [-0.15, -0.1) is 0 Å². The van der Waals surface area contributed by atoms with Crippen LogP contribution >= 0.6 is 0 Å². The normalized spacial score (nSPS) is 13.2. The molecule has 1 heterocycles. The Morgan fingerprint density at radius 2 is 1.68 bits per heavy atom. The first-order chi connectivity index (χ1) is 12.0. The third-order valence-corrected chi connectivity index (χ3v) is 4.02. The zero-order valence-corrected chi connectivity index (χ0v) is 14.1. The van der Waals surface area contributed by atoms with E-state index in [0.717, 1.165) is 11.1 Å². The van der Waals surface area contributed by atoms with E-state index in [2.05, 4.69) is 5.32 Å². The van der Waals surface area contributed by atoms with Crippen LogP contribution in [-0.2, 0) is 6.42 Å². The minimum Gasteiger partial charge on any atom is -0.469 e. The average molecular weight is 335 g/mol. The molecule has 0 aliphatic carbocycles. The van der Waals surface area contributed by atoms with Crippen LogP contribution in [0.15, 0.2) is 77.4 Å². The molecular weight excluding hydrogens is 314 g/mol. The molecule has 3 rings (SSSR count). The van der Waals surface area contributed by atoms with Crippen molar-refractivity contribution >= 4 is 5.91 Å². The van der Waals surface area contributed by atoms with Crippen LogP contribution < -0.4 is 5.32 Å². The van der Waals surface area contributed by atoms with Gasteiger partial charge in [0, 0.05) is 18.5 Å². The van der Waals surface area contributed by atoms with Gasteiger partial charge < -0.3 is 14.8 Å². The van der Waals surface area contributed by atoms with Gasteiger partial charge in [0.25, 0.3) is 5.91 Å². The summed E-state index contributed by atoms with van der Waals surface area (Å²) in [7, 11) is 0. The first-order valence-corrected chi connectivity index (χ1v) is 8.22. The second kappa shape index (κ2) is 7.36. The van der Waals surface area contributed by atoms with Crippen molar-refractivity contribution in [3.8, 4) is 11.1 Å². The molecule has 25 heavy (non-hydrogen) atoms. The molecule has 0 saturated carbocycles. The molecule has 0 saturated heterocycles. The lowest BCUT2D eigenvalue weighted by atomic mass is 10.0. The predicted octanol–water partition coefficient (Wildman–Crippen LogP) is 3.67. The lowest BCUT2D eigenvalue weighted by molar-refractivity contribution is 0.0510. The highest BCUT2D eigenvalue weighted by Gasteiger charge is 2.23. The zero-order valence-electron chi connectivity index (χ0n) is 14.1. The van der Waals surface area contributed by atoms with Gasteiger partial charge in [0.15, 0.2) is 0 Å². The van der Waals surface area contributed by atoms with Gasteiger partial charge in [-0.1, -0.05) is 42.5 Å². The summed E-state index contributed by atoms with van der Waals surface area (Å²) in [5, 5.41) is 13.2. The number of carbonyl (C=O) groups excluding carboxylic acids is 1. The molecule has 2 N–H and O–H groups in total. The van der Waals surface area contributed by atoms with Crippen LogP contribution in [0.1, 0.15) is 23.0 Å². The van der Waals surface area contributed by atoms with Crippen LogP contribution in [0.3, 0.4) is 0 Å². The van der Waals surface area contributed by atoms with Crippen molar-refractivity contribution in [1.82, 2.24) is 5.32 Å². The second-order valence-corrected chi connectivity index (χ2v) is 6.38. The van der Waals surface area contributed by atoms with Gasteiger partial charge in [-0.3, -0.25) is 4.79 Å². The summed E-state index contributed by atoms with van der Waals surface area (Å²) >= 11 is 0. The molecule has 0 unspecified atom stereocenters. The molecule has 1 amide bonds. The van der Waals surface area contributed by atoms with E-state index in [1.165, 1.54) is 0 Å². The number of furan rings is 1. The largest absolute Gasteiger partial charge is 0.469 e. The van der Waals surface area contributed by atoms with Gasteiger partial charge in [0.1, 0.15) is 5.76 Å². The number of amides is 1. The number of nitrogens with one attached hydrogen (secondary N) is 1. The van der Waals surface area contributed by atoms with Crippen molar-refractivity contribution in [3.05, 3.63) is 84.3 Å². The first-order valence-electron chi connectivity index (χ1n) is 8.22. The maximum absolute atomic E-state index is 12.3. The Kier molecular flexibility index (Phi) is 5.00. The summed E-state index contributed by atoms with van der Waals surface area (Å²) in [5.74, 6) is 0.478. The number of rotatable bonds is 6. The van der Waals surface area contributed by atoms with Crippen molar-refractivity contribution in [2.24, 2.45) is 0 Å². The standard InChI is InChI=1S/C21H21NO3/c1-21(24,14-19-8-5-13-25-19)15-22-20(23)18-11-9-17(10-12-18)16-6-3-2-4-7-16/h2-13,24H,14-15H2,1H3,(H,22,23)/t21-/m1/s1. The fourth-order valence-corrected chi connectivity index (χ4v) is 2.67. The van der Waals surface area contributed by atoms with Gasteiger partial charge >= 0.3 is 0 Å². The Balaban J connectivity index is 1.59. The summed E-state index contributed by atoms with van der Waals surface area (Å²) in [4.78, 5) is 12.3. The molecule has 0 radical (unpaired) electrons. The molecule has 0 aliphatic rings. The minimum absolute atomic E-state index is 0.146. The average Bonchev–Trinajstić information content (AvgIpc) is 3.13. The fraction of sp³-hybridized carbons (Fsp3) is 0.190. The SMILES string of the molecule is C[C@](O)(CNC(=O)c1ccc(-c2ccccc2)cc1)Cc1ccco1. The second-order valence-electron chi connectivity index (χ2n) is 6.38. The third-order valence-electron chi connectivity index (χ3n) is 4.02. The van der Waals surface area contributed by atoms with Crippen LogP contribution in [0.5, 0.6) is 0 Å². The summed E-state index contributed by atoms with van der Waals surface area (Å²) < 4.78 is 5.24. The molecule has 0 fully saturated rings. The maximum atomic E-state index is 12.3. The van der Waals surface area contributed by atoms with E-state index in [1.807, 2.05) is 42.5 Å². The molecule has 4 nitrogen and oxygen atoms in total. The molecule has 1 aromatic heterocycles. The van der Waals surface area contributed by atoms with E-state index in [9.17, 15) is 9.90 Å². The van der Waals surface area contributed by atoms with Crippen LogP contribution in [-0.4, -0.2) is 23.2 Å². The lowest BCUT2D eigenvalue weighted by Crippen LogP contribution is -2.42. The smallest absolute Gasteiger partial charge is 0.251 e. The van der Waals surface area contributed by atoms with Crippen LogP contribution in [0.4, 0.5) is 0 Å². The molecule has 0 bridgehead atoms. The Labute approximate surface area is 147 Å². The number of hydrogen-bond donors (Lipinski definition) is 2. The molecule has 0 aliphatic heterocycles. The summed E-state index contributed by atoms with van der Waals surface area (Å²) in [6.45, 7) is 1.82. The topological polar surface area (TPSA) is 62.5 Å². The molecule has 3 aromatic rings. The van der Waals surface area contributed by atoms with Crippen molar-refractivity contribution in [2.45, 2.75) is 18.9 Å². The number of hydrogen-bond acceptors (Lipinski definition) is 3. The molecule has 4 heteroatoms. The monoisotopic (exact) mass is 335 g/mol. The zero-order chi connectivity index (χ0) is 17.7. The molecule has 2 aromatic carbocycles. The quantitative estimate of drug-likeness (QED) is 0.722. The van der Waals surface area contributed by atoms with Gasteiger partial charge in [0.2, 0.25) is 0 Å². The van der Waals surface area contributed by atoms with Gasteiger partial charge in [-0.25, -0.2) is 0 Å². The molecule has 128 valence electrons. The third kappa shape index (κ3) is 4.58. The van der Waals surface area contributed by atoms with Crippen LogP contribution in [0.2, 0.25) is 0 Å². The van der Waals surface area contributed by atoms with E-state index in [4.69, 9.17) is 4.42 Å². The minimum atomic E-state index is -1.07. The molecule has 0 spiro atoms.